The van der Waals surface area contributed by atoms with Crippen molar-refractivity contribution in [1.29, 1.82) is 0 Å². The molecule has 0 aliphatic carbocycles. The van der Waals surface area contributed by atoms with Crippen molar-refractivity contribution >= 4 is 18.3 Å². The summed E-state index contributed by atoms with van der Waals surface area (Å²) in [5.41, 5.74) is 1.11. The smallest absolute Gasteiger partial charge is 0.351 e. The molecule has 1 aromatic heterocycles. The molecular weight excluding hydrogens is 393 g/mol. The zero-order valence-electron chi connectivity index (χ0n) is 15.8. The minimum Gasteiger partial charge on any atom is -0.351 e. The first-order chi connectivity index (χ1) is 12.8. The molecule has 2 heterocycles. The average Bonchev–Trinajstić information content (AvgIpc) is 2.97. The van der Waals surface area contributed by atoms with Gasteiger partial charge in [-0.1, -0.05) is 12.5 Å². The van der Waals surface area contributed by atoms with E-state index >= 15 is 0 Å². The summed E-state index contributed by atoms with van der Waals surface area (Å²) in [7, 11) is 0. The lowest BCUT2D eigenvalue weighted by Crippen LogP contribution is -2.46. The molecule has 1 atom stereocenters. The second-order valence-electron chi connectivity index (χ2n) is 6.90. The van der Waals surface area contributed by atoms with Gasteiger partial charge >= 0.3 is 6.18 Å². The number of aryl methyl sites for hydroxylation is 2. The molecule has 0 radical (unpaired) electrons. The third-order valence-electron chi connectivity index (χ3n) is 4.73. The van der Waals surface area contributed by atoms with E-state index in [1.807, 2.05) is 0 Å². The third kappa shape index (κ3) is 5.05. The van der Waals surface area contributed by atoms with Crippen LogP contribution in [0.4, 0.5) is 13.2 Å². The summed E-state index contributed by atoms with van der Waals surface area (Å²) in [5, 5.41) is 9.97. The van der Waals surface area contributed by atoms with Crippen LogP contribution in [0.3, 0.4) is 0 Å². The molecule has 1 aromatic carbocycles. The van der Waals surface area contributed by atoms with E-state index in [1.165, 1.54) is 10.7 Å². The summed E-state index contributed by atoms with van der Waals surface area (Å²) in [6.45, 7) is 4.17. The maximum atomic E-state index is 13.6. The summed E-state index contributed by atoms with van der Waals surface area (Å²) >= 11 is 0. The largest absolute Gasteiger partial charge is 0.416 e. The second kappa shape index (κ2) is 8.96. The molecule has 0 bridgehead atoms. The number of rotatable bonds is 4. The number of hydrogen-bond donors (Lipinski definition) is 2. The van der Waals surface area contributed by atoms with Crippen molar-refractivity contribution in [3.05, 3.63) is 46.8 Å². The highest BCUT2D eigenvalue weighted by atomic mass is 35.5. The van der Waals surface area contributed by atoms with Crippen LogP contribution in [0.5, 0.6) is 0 Å². The highest BCUT2D eigenvalue weighted by Crippen LogP contribution is 2.33. The molecule has 5 nitrogen and oxygen atoms in total. The molecule has 0 spiro atoms. The molecule has 9 heteroatoms. The van der Waals surface area contributed by atoms with Gasteiger partial charge in [-0.2, -0.15) is 18.3 Å². The van der Waals surface area contributed by atoms with Crippen molar-refractivity contribution < 1.29 is 18.0 Å². The first kappa shape index (κ1) is 22.2. The molecule has 2 N–H and O–H groups in total. The summed E-state index contributed by atoms with van der Waals surface area (Å²) in [5.74, 6) is -0.259. The lowest BCUT2D eigenvalue weighted by Gasteiger charge is -2.23. The number of carbonyl (C=O) groups is 1. The number of amides is 1. The maximum absolute atomic E-state index is 13.6. The minimum atomic E-state index is -4.52. The van der Waals surface area contributed by atoms with Gasteiger partial charge in [0.2, 0.25) is 5.91 Å². The topological polar surface area (TPSA) is 59.0 Å². The first-order valence-electron chi connectivity index (χ1n) is 9.00. The lowest BCUT2D eigenvalue weighted by molar-refractivity contribution is -0.138. The van der Waals surface area contributed by atoms with Gasteiger partial charge in [0.15, 0.2) is 0 Å². The van der Waals surface area contributed by atoms with Gasteiger partial charge in [0.1, 0.15) is 0 Å². The zero-order chi connectivity index (χ0) is 19.6. The van der Waals surface area contributed by atoms with Crippen LogP contribution in [0.25, 0.3) is 5.69 Å². The Balaban J connectivity index is 0.00000280. The Kier molecular flexibility index (Phi) is 7.11. The fourth-order valence-corrected chi connectivity index (χ4v) is 3.39. The molecule has 154 valence electrons. The molecule has 1 saturated heterocycles. The van der Waals surface area contributed by atoms with E-state index in [2.05, 4.69) is 15.7 Å². The van der Waals surface area contributed by atoms with Crippen LogP contribution < -0.4 is 10.6 Å². The predicted octanol–water partition coefficient (Wildman–Crippen LogP) is 3.69. The fraction of sp³-hybridized carbons (Fsp3) is 0.474. The minimum absolute atomic E-state index is 0. The van der Waals surface area contributed by atoms with E-state index in [-0.39, 0.29) is 36.5 Å². The van der Waals surface area contributed by atoms with Crippen LogP contribution in [-0.4, -0.2) is 28.3 Å². The third-order valence-corrected chi connectivity index (χ3v) is 4.73. The maximum Gasteiger partial charge on any atom is 0.416 e. The average molecular weight is 417 g/mol. The molecule has 1 amide bonds. The predicted molar refractivity (Wildman–Crippen MR) is 103 cm³/mol. The van der Waals surface area contributed by atoms with Crippen LogP contribution in [0.15, 0.2) is 24.3 Å². The van der Waals surface area contributed by atoms with Crippen molar-refractivity contribution in [2.45, 2.75) is 51.9 Å². The van der Waals surface area contributed by atoms with Crippen LogP contribution in [-0.2, 0) is 17.5 Å². The number of alkyl halides is 3. The van der Waals surface area contributed by atoms with E-state index < -0.39 is 11.7 Å². The highest BCUT2D eigenvalue weighted by molar-refractivity contribution is 5.85. The molecule has 1 aliphatic heterocycles. The number of nitrogens with one attached hydrogen (secondary N) is 2. The van der Waals surface area contributed by atoms with Gasteiger partial charge in [-0.25, -0.2) is 4.68 Å². The standard InChI is InChI=1S/C19H23F3N4O.ClH/c1-12-9-13(2)26(25-12)15-7-6-14(16(10-15)19(20,21)22)11-24-18(27)17-5-3-4-8-23-17;/h6-7,9-10,17,23H,3-5,8,11H2,1-2H3,(H,24,27);1H. The summed E-state index contributed by atoms with van der Waals surface area (Å²) in [4.78, 5) is 12.2. The van der Waals surface area contributed by atoms with Crippen molar-refractivity contribution in [2.24, 2.45) is 0 Å². The summed E-state index contributed by atoms with van der Waals surface area (Å²) < 4.78 is 42.2. The Morgan fingerprint density at radius 3 is 2.61 bits per heavy atom. The fourth-order valence-electron chi connectivity index (χ4n) is 3.39. The SMILES string of the molecule is Cc1cc(C)n(-c2ccc(CNC(=O)C3CCCCN3)c(C(F)(F)F)c2)n1.Cl. The molecule has 3 rings (SSSR count). The number of hydrogen-bond acceptors (Lipinski definition) is 3. The van der Waals surface area contributed by atoms with E-state index in [1.54, 1.807) is 26.0 Å². The van der Waals surface area contributed by atoms with Crippen LogP contribution in [0, 0.1) is 13.8 Å². The zero-order valence-corrected chi connectivity index (χ0v) is 16.6. The summed E-state index contributed by atoms with van der Waals surface area (Å²) in [6.07, 6.45) is -1.86. The Morgan fingerprint density at radius 2 is 2.04 bits per heavy atom. The number of carbonyl (C=O) groups excluding carboxylic acids is 1. The number of piperidine rings is 1. The van der Waals surface area contributed by atoms with Crippen molar-refractivity contribution in [3.8, 4) is 5.69 Å². The quantitative estimate of drug-likeness (QED) is 0.799. The Labute approximate surface area is 168 Å². The van der Waals surface area contributed by atoms with E-state index in [0.717, 1.165) is 36.8 Å². The van der Waals surface area contributed by atoms with E-state index in [9.17, 15) is 18.0 Å². The van der Waals surface area contributed by atoms with Crippen LogP contribution in [0.1, 0.15) is 41.8 Å². The number of benzene rings is 1. The molecule has 1 unspecified atom stereocenters. The molecule has 1 aliphatic rings. The number of nitrogens with zero attached hydrogens (tertiary/aromatic N) is 2. The van der Waals surface area contributed by atoms with Crippen molar-refractivity contribution in [1.82, 2.24) is 20.4 Å². The highest BCUT2D eigenvalue weighted by Gasteiger charge is 2.34. The molecule has 28 heavy (non-hydrogen) atoms. The Bertz CT molecular complexity index is 829. The van der Waals surface area contributed by atoms with Gasteiger partial charge in [0, 0.05) is 12.2 Å². The van der Waals surface area contributed by atoms with Crippen molar-refractivity contribution in [2.75, 3.05) is 6.54 Å². The van der Waals surface area contributed by atoms with Gasteiger partial charge in [-0.05, 0) is 57.0 Å². The second-order valence-corrected chi connectivity index (χ2v) is 6.90. The van der Waals surface area contributed by atoms with Crippen LogP contribution >= 0.6 is 12.4 Å². The number of halogens is 4. The summed E-state index contributed by atoms with van der Waals surface area (Å²) in [6, 6.07) is 5.55. The Hall–Kier alpha value is -2.06. The van der Waals surface area contributed by atoms with Gasteiger partial charge in [-0.3, -0.25) is 4.79 Å². The molecule has 1 fully saturated rings. The molecule has 0 saturated carbocycles. The first-order valence-corrected chi connectivity index (χ1v) is 9.00. The van der Waals surface area contributed by atoms with Gasteiger partial charge < -0.3 is 10.6 Å². The van der Waals surface area contributed by atoms with Gasteiger partial charge in [0.05, 0.1) is 23.0 Å². The monoisotopic (exact) mass is 416 g/mol. The molecule has 2 aromatic rings. The lowest BCUT2D eigenvalue weighted by atomic mass is 10.0. The normalized spacial score (nSPS) is 17.1. The van der Waals surface area contributed by atoms with Crippen molar-refractivity contribution in [3.63, 3.8) is 0 Å². The van der Waals surface area contributed by atoms with Crippen LogP contribution in [0.2, 0.25) is 0 Å². The molecular formula is C19H24ClF3N4O. The van der Waals surface area contributed by atoms with Gasteiger partial charge in [0.25, 0.3) is 0 Å². The van der Waals surface area contributed by atoms with E-state index in [4.69, 9.17) is 0 Å². The number of aromatic nitrogens is 2. The van der Waals surface area contributed by atoms with Gasteiger partial charge in [-0.15, -0.1) is 12.4 Å². The van der Waals surface area contributed by atoms with E-state index in [0.29, 0.717) is 12.1 Å². The Morgan fingerprint density at radius 1 is 1.29 bits per heavy atom.